The molecule has 0 spiro atoms. The van der Waals surface area contributed by atoms with Gasteiger partial charge in [-0.1, -0.05) is 0 Å². The van der Waals surface area contributed by atoms with E-state index in [0.29, 0.717) is 24.3 Å². The van der Waals surface area contributed by atoms with E-state index in [9.17, 15) is 22.8 Å². The van der Waals surface area contributed by atoms with E-state index in [0.717, 1.165) is 6.26 Å². The van der Waals surface area contributed by atoms with Gasteiger partial charge in [0.05, 0.1) is 11.4 Å². The summed E-state index contributed by atoms with van der Waals surface area (Å²) >= 11 is 0. The summed E-state index contributed by atoms with van der Waals surface area (Å²) in [7, 11) is 0. The maximum atomic E-state index is 12.7. The van der Waals surface area contributed by atoms with Gasteiger partial charge in [-0.25, -0.2) is 9.97 Å². The minimum absolute atomic E-state index is 0.00153. The van der Waals surface area contributed by atoms with E-state index in [1.165, 1.54) is 18.3 Å². The van der Waals surface area contributed by atoms with Crippen molar-refractivity contribution in [1.82, 2.24) is 25.5 Å². The van der Waals surface area contributed by atoms with E-state index in [2.05, 4.69) is 36.1 Å². The smallest absolute Gasteiger partial charge is 0.405 e. The van der Waals surface area contributed by atoms with Crippen LogP contribution in [0.4, 0.5) is 24.7 Å². The summed E-state index contributed by atoms with van der Waals surface area (Å²) in [6.45, 7) is 0.0304. The van der Waals surface area contributed by atoms with Gasteiger partial charge in [0, 0.05) is 30.8 Å². The van der Waals surface area contributed by atoms with E-state index in [-0.39, 0.29) is 34.7 Å². The van der Waals surface area contributed by atoms with Gasteiger partial charge in [0.2, 0.25) is 5.89 Å². The van der Waals surface area contributed by atoms with Gasteiger partial charge in [-0.15, -0.1) is 0 Å². The summed E-state index contributed by atoms with van der Waals surface area (Å²) in [4.78, 5) is 32.3. The maximum absolute atomic E-state index is 12.7. The Balaban J connectivity index is 1.52. The quantitative estimate of drug-likeness (QED) is 0.361. The molecule has 0 aromatic carbocycles. The predicted octanol–water partition coefficient (Wildman–Crippen LogP) is 1.47. The topological polar surface area (TPSA) is 164 Å². The van der Waals surface area contributed by atoms with Crippen LogP contribution in [0.25, 0.3) is 11.5 Å². The number of H-pyrrole nitrogens is 1. The summed E-state index contributed by atoms with van der Waals surface area (Å²) in [5, 5.41) is 14.4. The molecule has 2 amide bonds. The van der Waals surface area contributed by atoms with Crippen molar-refractivity contribution in [2.24, 2.45) is 5.73 Å². The third kappa shape index (κ3) is 4.54. The number of aromatic nitrogens is 4. The lowest BCUT2D eigenvalue weighted by atomic mass is 9.97. The second kappa shape index (κ2) is 8.30. The van der Waals surface area contributed by atoms with Gasteiger partial charge in [0.1, 0.15) is 18.6 Å². The molecule has 14 heteroatoms. The molecule has 1 saturated heterocycles. The van der Waals surface area contributed by atoms with E-state index < -0.39 is 24.5 Å². The number of nitrogens with one attached hydrogen (secondary N) is 4. The molecule has 0 bridgehead atoms. The molecule has 4 rings (SSSR count). The molecule has 1 aliphatic heterocycles. The molecular formula is C18H17F3N8O3. The molecule has 4 heterocycles. The highest BCUT2D eigenvalue weighted by atomic mass is 19.4. The fraction of sp³-hybridized carbons (Fsp3) is 0.278. The number of carbonyl (C=O) groups is 2. The molecule has 0 radical (unpaired) electrons. The Hall–Kier alpha value is -3.94. The Labute approximate surface area is 178 Å². The largest absolute Gasteiger partial charge is 0.444 e. The first-order valence-corrected chi connectivity index (χ1v) is 9.34. The molecule has 0 saturated carbocycles. The van der Waals surface area contributed by atoms with Crippen molar-refractivity contribution in [2.45, 2.75) is 12.1 Å². The lowest BCUT2D eigenvalue weighted by Crippen LogP contribution is -2.40. The van der Waals surface area contributed by atoms with Gasteiger partial charge in [0.25, 0.3) is 11.8 Å². The number of pyridine rings is 1. The van der Waals surface area contributed by atoms with Gasteiger partial charge in [-0.05, 0) is 12.1 Å². The zero-order valence-electron chi connectivity index (χ0n) is 16.3. The molecule has 3 aromatic heterocycles. The van der Waals surface area contributed by atoms with Gasteiger partial charge < -0.3 is 26.1 Å². The number of primary amides is 1. The lowest BCUT2D eigenvalue weighted by Gasteiger charge is -2.26. The second-order valence-corrected chi connectivity index (χ2v) is 6.97. The van der Waals surface area contributed by atoms with Crippen LogP contribution < -0.4 is 21.7 Å². The summed E-state index contributed by atoms with van der Waals surface area (Å²) in [6.07, 6.45) is -2.04. The molecular weight excluding hydrogens is 433 g/mol. The molecule has 168 valence electrons. The number of alkyl halides is 3. The van der Waals surface area contributed by atoms with Crippen molar-refractivity contribution in [3.8, 4) is 11.5 Å². The Kier molecular flexibility index (Phi) is 5.52. The number of hydrogen-bond acceptors (Lipinski definition) is 8. The van der Waals surface area contributed by atoms with Crippen LogP contribution >= 0.6 is 0 Å². The van der Waals surface area contributed by atoms with Gasteiger partial charge in [-0.3, -0.25) is 14.7 Å². The lowest BCUT2D eigenvalue weighted by molar-refractivity contribution is -0.115. The number of rotatable bonds is 7. The first-order valence-electron chi connectivity index (χ1n) is 9.34. The monoisotopic (exact) mass is 450 g/mol. The standard InChI is InChI=1S/C18H17F3N8O3/c19-18(20,21)7-25-11-3-8(1-2-24-11)17-26-10(6-32-17)16(31)27-13-12(9-4-23-5-9)28-29-14(13)15(22)30/h1-3,6,9,23H,4-5,7H2,(H2,22,30)(H,24,25)(H,27,31)(H,28,29). The normalized spacial score (nSPS) is 14.1. The van der Waals surface area contributed by atoms with Crippen LogP contribution in [0.15, 0.2) is 29.0 Å². The Morgan fingerprint density at radius 2 is 2.09 bits per heavy atom. The van der Waals surface area contributed by atoms with Gasteiger partial charge in [0.15, 0.2) is 11.4 Å². The number of carbonyl (C=O) groups excluding carboxylic acids is 2. The summed E-state index contributed by atoms with van der Waals surface area (Å²) in [5.41, 5.74) is 6.15. The summed E-state index contributed by atoms with van der Waals surface area (Å²) in [5.74, 6) is -1.50. The second-order valence-electron chi connectivity index (χ2n) is 6.97. The number of nitrogens with two attached hydrogens (primary N) is 1. The van der Waals surface area contributed by atoms with Crippen LogP contribution in [0.3, 0.4) is 0 Å². The average Bonchev–Trinajstić information content (AvgIpc) is 3.33. The molecule has 1 aliphatic rings. The molecule has 6 N–H and O–H groups in total. The van der Waals surface area contributed by atoms with Crippen LogP contribution in [0.5, 0.6) is 0 Å². The minimum atomic E-state index is -4.41. The number of nitrogens with zero attached hydrogens (tertiary/aromatic N) is 3. The van der Waals surface area contributed by atoms with E-state index in [1.54, 1.807) is 0 Å². The third-order valence-corrected chi connectivity index (χ3v) is 4.67. The highest BCUT2D eigenvalue weighted by molar-refractivity contribution is 6.07. The SMILES string of the molecule is NC(=O)c1n[nH]c(C2CNC2)c1NC(=O)c1coc(-c2ccnc(NCC(F)(F)F)c2)n1. The fourth-order valence-electron chi connectivity index (χ4n) is 2.99. The van der Waals surface area contributed by atoms with Gasteiger partial charge in [-0.2, -0.15) is 18.3 Å². The highest BCUT2D eigenvalue weighted by Crippen LogP contribution is 2.29. The van der Waals surface area contributed by atoms with Crippen molar-refractivity contribution >= 4 is 23.3 Å². The van der Waals surface area contributed by atoms with Crippen molar-refractivity contribution in [2.75, 3.05) is 30.3 Å². The zero-order chi connectivity index (χ0) is 22.9. The van der Waals surface area contributed by atoms with Crippen LogP contribution in [0, 0.1) is 0 Å². The first-order chi connectivity index (χ1) is 15.2. The Morgan fingerprint density at radius 1 is 1.31 bits per heavy atom. The van der Waals surface area contributed by atoms with E-state index >= 15 is 0 Å². The van der Waals surface area contributed by atoms with Crippen molar-refractivity contribution in [3.05, 3.63) is 41.7 Å². The highest BCUT2D eigenvalue weighted by Gasteiger charge is 2.29. The minimum Gasteiger partial charge on any atom is -0.444 e. The fourth-order valence-corrected chi connectivity index (χ4v) is 2.99. The Bertz CT molecular complexity index is 1150. The van der Waals surface area contributed by atoms with E-state index in [4.69, 9.17) is 10.2 Å². The third-order valence-electron chi connectivity index (χ3n) is 4.67. The van der Waals surface area contributed by atoms with E-state index in [1.807, 2.05) is 0 Å². The van der Waals surface area contributed by atoms with Crippen molar-refractivity contribution in [1.29, 1.82) is 0 Å². The average molecular weight is 450 g/mol. The predicted molar refractivity (Wildman–Crippen MR) is 105 cm³/mol. The van der Waals surface area contributed by atoms with Crippen LogP contribution in [0.1, 0.15) is 32.6 Å². The molecule has 11 nitrogen and oxygen atoms in total. The Morgan fingerprint density at radius 3 is 2.75 bits per heavy atom. The number of oxazole rings is 1. The molecule has 0 unspecified atom stereocenters. The van der Waals surface area contributed by atoms with Crippen molar-refractivity contribution in [3.63, 3.8) is 0 Å². The molecule has 32 heavy (non-hydrogen) atoms. The maximum Gasteiger partial charge on any atom is 0.405 e. The number of aromatic amines is 1. The molecule has 0 aliphatic carbocycles. The zero-order valence-corrected chi connectivity index (χ0v) is 16.3. The number of hydrogen-bond donors (Lipinski definition) is 5. The number of amides is 2. The summed E-state index contributed by atoms with van der Waals surface area (Å²) < 4.78 is 42.5. The van der Waals surface area contributed by atoms with Crippen LogP contribution in [0.2, 0.25) is 0 Å². The summed E-state index contributed by atoms with van der Waals surface area (Å²) in [6, 6.07) is 2.78. The van der Waals surface area contributed by atoms with Crippen LogP contribution in [-0.2, 0) is 0 Å². The first kappa shape index (κ1) is 21.3. The van der Waals surface area contributed by atoms with Crippen molar-refractivity contribution < 1.29 is 27.2 Å². The molecule has 3 aromatic rings. The number of halogens is 3. The molecule has 1 fully saturated rings. The van der Waals surface area contributed by atoms with Gasteiger partial charge >= 0.3 is 6.18 Å². The molecule has 0 atom stereocenters. The number of anilines is 2. The van der Waals surface area contributed by atoms with Crippen LogP contribution in [-0.4, -0.2) is 57.8 Å².